The van der Waals surface area contributed by atoms with E-state index in [1.807, 2.05) is 13.8 Å². The van der Waals surface area contributed by atoms with Gasteiger partial charge in [0.1, 0.15) is 11.6 Å². The molecule has 2 amide bonds. The lowest BCUT2D eigenvalue weighted by Crippen LogP contribution is -2.41. The van der Waals surface area contributed by atoms with Crippen molar-refractivity contribution in [3.8, 4) is 0 Å². The number of nitrogens with two attached hydrogens (primary N) is 1. The first-order valence-corrected chi connectivity index (χ1v) is 22.6. The Hall–Kier alpha value is -5.30. The van der Waals surface area contributed by atoms with Crippen molar-refractivity contribution in [2.75, 3.05) is 5.73 Å². The second-order valence-corrected chi connectivity index (χ2v) is 18.7. The fraction of sp³-hybridized carbons (Fsp3) is 0.381. The number of nitro benzene ring substituents is 1. The van der Waals surface area contributed by atoms with Crippen molar-refractivity contribution in [2.24, 2.45) is 11.8 Å². The number of benzene rings is 4. The summed E-state index contributed by atoms with van der Waals surface area (Å²) in [4.78, 5) is 35.4. The number of sulfonamides is 2. The first-order valence-electron chi connectivity index (χ1n) is 19.7. The van der Waals surface area contributed by atoms with Crippen molar-refractivity contribution >= 4 is 43.2 Å². The van der Waals surface area contributed by atoms with Gasteiger partial charge < -0.3 is 16.4 Å². The van der Waals surface area contributed by atoms with Crippen LogP contribution >= 0.6 is 0 Å². The topological polar surface area (TPSA) is 220 Å². The molecule has 18 heteroatoms. The van der Waals surface area contributed by atoms with E-state index in [9.17, 15) is 45.3 Å². The van der Waals surface area contributed by atoms with Crippen LogP contribution in [0, 0.1) is 33.6 Å². The molecule has 0 spiro atoms. The number of rotatable bonds is 13. The molecule has 0 aromatic heterocycles. The zero-order valence-corrected chi connectivity index (χ0v) is 34.9. The molecule has 0 unspecified atom stereocenters. The van der Waals surface area contributed by atoms with Crippen LogP contribution < -0.4 is 25.8 Å². The molecular formula is C42H50F2N6O8S2. The minimum Gasteiger partial charge on any atom is -0.399 e. The number of non-ortho nitro benzene ring substituents is 1. The predicted molar refractivity (Wildman–Crippen MR) is 222 cm³/mol. The van der Waals surface area contributed by atoms with E-state index in [0.717, 1.165) is 23.3 Å². The second kappa shape index (κ2) is 20.3. The molecular weight excluding hydrogens is 819 g/mol. The molecule has 14 nitrogen and oxygen atoms in total. The summed E-state index contributed by atoms with van der Waals surface area (Å²) >= 11 is 0. The maximum Gasteiger partial charge on any atom is 0.269 e. The van der Waals surface area contributed by atoms with Crippen molar-refractivity contribution in [1.29, 1.82) is 0 Å². The van der Waals surface area contributed by atoms with Gasteiger partial charge >= 0.3 is 0 Å². The van der Waals surface area contributed by atoms with Crippen molar-refractivity contribution in [1.82, 2.24) is 20.1 Å². The van der Waals surface area contributed by atoms with Crippen LogP contribution in [-0.4, -0.2) is 45.7 Å². The summed E-state index contributed by atoms with van der Waals surface area (Å²) in [6.07, 6.45) is 4.50. The average molecular weight is 869 g/mol. The molecule has 2 saturated carbocycles. The zero-order valence-electron chi connectivity index (χ0n) is 33.2. The van der Waals surface area contributed by atoms with Crippen LogP contribution in [0.3, 0.4) is 0 Å². The molecule has 2 atom stereocenters. The maximum absolute atomic E-state index is 13.1. The van der Waals surface area contributed by atoms with E-state index >= 15 is 0 Å². The highest BCUT2D eigenvalue weighted by molar-refractivity contribution is 7.89. The first-order chi connectivity index (χ1) is 28.4. The minimum absolute atomic E-state index is 0.0360. The summed E-state index contributed by atoms with van der Waals surface area (Å²) in [6.45, 7) is 3.69. The van der Waals surface area contributed by atoms with Gasteiger partial charge in [-0.3, -0.25) is 19.7 Å². The fourth-order valence-corrected chi connectivity index (χ4v) is 9.86. The summed E-state index contributed by atoms with van der Waals surface area (Å²) in [6, 6.07) is 21.8. The van der Waals surface area contributed by atoms with Gasteiger partial charge in [0.05, 0.1) is 26.8 Å². The van der Waals surface area contributed by atoms with Crippen LogP contribution in [0.4, 0.5) is 20.2 Å². The second-order valence-electron chi connectivity index (χ2n) is 15.2. The quantitative estimate of drug-likeness (QED) is 0.0557. The molecule has 4 aromatic carbocycles. The van der Waals surface area contributed by atoms with Gasteiger partial charge in [-0.15, -0.1) is 0 Å². The van der Waals surface area contributed by atoms with Gasteiger partial charge in [-0.1, -0.05) is 24.3 Å². The number of nitrogens with zero attached hydrogens (tertiary/aromatic N) is 1. The molecule has 0 radical (unpaired) electrons. The molecule has 2 aliphatic rings. The highest BCUT2D eigenvalue weighted by atomic mass is 32.2. The van der Waals surface area contributed by atoms with E-state index in [2.05, 4.69) is 20.1 Å². The van der Waals surface area contributed by atoms with Crippen LogP contribution in [-0.2, 0) is 29.6 Å². The maximum atomic E-state index is 13.1. The Kier molecular flexibility index (Phi) is 15.5. The summed E-state index contributed by atoms with van der Waals surface area (Å²) in [7, 11) is -7.41. The fourth-order valence-electron chi connectivity index (χ4n) is 7.25. The van der Waals surface area contributed by atoms with Gasteiger partial charge in [0.25, 0.3) is 5.69 Å². The van der Waals surface area contributed by atoms with Gasteiger partial charge in [-0.25, -0.2) is 35.1 Å². The number of hydrogen-bond acceptors (Lipinski definition) is 9. The lowest BCUT2D eigenvalue weighted by molar-refractivity contribution is -0.384. The Morgan fingerprint density at radius 3 is 1.27 bits per heavy atom. The third-order valence-electron chi connectivity index (χ3n) is 10.8. The molecule has 2 fully saturated rings. The number of hydrogen-bond donors (Lipinski definition) is 5. The third kappa shape index (κ3) is 12.8. The molecule has 60 heavy (non-hydrogen) atoms. The lowest BCUT2D eigenvalue weighted by Gasteiger charge is -2.29. The van der Waals surface area contributed by atoms with E-state index in [1.165, 1.54) is 48.5 Å². The van der Waals surface area contributed by atoms with Gasteiger partial charge in [0.2, 0.25) is 31.9 Å². The summed E-state index contributed by atoms with van der Waals surface area (Å²) < 4.78 is 81.5. The Morgan fingerprint density at radius 1 is 0.600 bits per heavy atom. The normalized spacial score (nSPS) is 20.4. The number of carbonyl (C=O) groups is 2. The van der Waals surface area contributed by atoms with Crippen molar-refractivity contribution in [2.45, 2.75) is 99.2 Å². The minimum atomic E-state index is -3.80. The molecule has 6 N–H and O–H groups in total. The molecule has 6 rings (SSSR count). The van der Waals surface area contributed by atoms with Crippen LogP contribution in [0.2, 0.25) is 0 Å². The number of amides is 2. The van der Waals surface area contributed by atoms with Crippen molar-refractivity contribution < 1.29 is 40.1 Å². The van der Waals surface area contributed by atoms with E-state index in [0.29, 0.717) is 57.1 Å². The number of nitro groups is 1. The smallest absolute Gasteiger partial charge is 0.269 e. The number of nitrogens with one attached hydrogen (secondary N) is 4. The van der Waals surface area contributed by atoms with E-state index in [-0.39, 0.29) is 74.9 Å². The standard InChI is InChI=1S/C21H24FN3O5S.C21H26FN3O3S/c1-14(15-2-6-17(22)7-3-15)23-21(26)16-4-8-18(9-5-16)24-31(29,30)20-12-10-19(11-13-20)25(27)28;1-14(15-2-6-17(22)7-3-15)24-21(26)16-4-10-19(11-5-16)25-29(27,28)20-12-8-18(23)9-13-20/h2-3,6-7,10-14,16,18,24H,4-5,8-9H2,1H3,(H,23,26);2-3,6-9,12-14,16,19,25H,4-5,10-11,23H2,1H3,(H,24,26)/t14-,16?,18?;14-,16?,19?/m11/s1. The molecule has 0 bridgehead atoms. The number of carbonyl (C=O) groups excluding carboxylic acids is 2. The predicted octanol–water partition coefficient (Wildman–Crippen LogP) is 6.57. The average Bonchev–Trinajstić information content (AvgIpc) is 3.22. The SMILES string of the molecule is C[C@@H](NC(=O)C1CCC(NS(=O)(=O)c2ccc(N)cc2)CC1)c1ccc(F)cc1.C[C@@H](NC(=O)C1CCC(NS(=O)(=O)c2ccc([N+](=O)[O-])cc2)CC1)c1ccc(F)cc1. The van der Waals surface area contributed by atoms with E-state index in [4.69, 9.17) is 5.73 Å². The Labute approximate surface area is 349 Å². The molecule has 0 heterocycles. The Morgan fingerprint density at radius 2 is 0.933 bits per heavy atom. The molecule has 2 aliphatic carbocycles. The van der Waals surface area contributed by atoms with E-state index in [1.54, 1.807) is 36.4 Å². The number of nitrogen functional groups attached to an aromatic ring is 1. The Balaban J connectivity index is 0.000000228. The van der Waals surface area contributed by atoms with Crippen LogP contribution in [0.1, 0.15) is 88.4 Å². The number of halogens is 2. The molecule has 322 valence electrons. The summed E-state index contributed by atoms with van der Waals surface area (Å²) in [5.41, 5.74) is 7.57. The van der Waals surface area contributed by atoms with Gasteiger partial charge in [0.15, 0.2) is 0 Å². The monoisotopic (exact) mass is 868 g/mol. The number of anilines is 1. The van der Waals surface area contributed by atoms with Gasteiger partial charge in [-0.05, 0) is 137 Å². The highest BCUT2D eigenvalue weighted by Crippen LogP contribution is 2.29. The molecule has 0 aliphatic heterocycles. The Bertz CT molecular complexity index is 2300. The highest BCUT2D eigenvalue weighted by Gasteiger charge is 2.31. The van der Waals surface area contributed by atoms with Crippen molar-refractivity contribution in [3.63, 3.8) is 0 Å². The van der Waals surface area contributed by atoms with Crippen LogP contribution in [0.25, 0.3) is 0 Å². The zero-order chi connectivity index (χ0) is 43.6. The van der Waals surface area contributed by atoms with E-state index < -0.39 is 25.0 Å². The molecule has 4 aromatic rings. The largest absolute Gasteiger partial charge is 0.399 e. The van der Waals surface area contributed by atoms with Crippen LogP contribution in [0.5, 0.6) is 0 Å². The van der Waals surface area contributed by atoms with Crippen LogP contribution in [0.15, 0.2) is 107 Å². The first kappa shape index (κ1) is 45.8. The summed E-state index contributed by atoms with van der Waals surface area (Å²) in [5.74, 6) is -1.18. The van der Waals surface area contributed by atoms with Crippen molar-refractivity contribution in [3.05, 3.63) is 130 Å². The van der Waals surface area contributed by atoms with Gasteiger partial charge in [-0.2, -0.15) is 0 Å². The third-order valence-corrected chi connectivity index (χ3v) is 13.9. The summed E-state index contributed by atoms with van der Waals surface area (Å²) in [5, 5.41) is 16.6. The lowest BCUT2D eigenvalue weighted by atomic mass is 9.85. The molecule has 0 saturated heterocycles. The van der Waals surface area contributed by atoms with Gasteiger partial charge in [0, 0.05) is 41.7 Å².